The van der Waals surface area contributed by atoms with Crippen molar-refractivity contribution in [3.8, 4) is 27.7 Å². The van der Waals surface area contributed by atoms with E-state index >= 15 is 0 Å². The van der Waals surface area contributed by atoms with Gasteiger partial charge >= 0.3 is 0 Å². The van der Waals surface area contributed by atoms with E-state index in [2.05, 4.69) is 25.6 Å². The molecule has 8 nitrogen and oxygen atoms in total. The maximum absolute atomic E-state index is 14.8. The molecule has 5 N–H and O–H groups in total. The van der Waals surface area contributed by atoms with E-state index in [9.17, 15) is 8.78 Å². The normalized spacial score (nSPS) is 10.8. The molecule has 4 rings (SSSR count). The average Bonchev–Trinajstić information content (AvgIpc) is 3.16. The standard InChI is InChI=1S/C20H17F2N7OS/c1-10-20(31-16(26-10)9-30-15-6-3-7-25-29-15)14-5-2-4-13(27-14)11-8-12(21)18(23)19(28-24)17(11)22/h2-8,28H,9,23-24H2,1H3. The average molecular weight is 441 g/mol. The molecule has 31 heavy (non-hydrogen) atoms. The molecule has 0 atom stereocenters. The van der Waals surface area contributed by atoms with Crippen molar-refractivity contribution in [1.29, 1.82) is 0 Å². The van der Waals surface area contributed by atoms with Gasteiger partial charge in [-0.25, -0.2) is 18.7 Å². The number of nitrogen functional groups attached to an aromatic ring is 2. The molecule has 0 aliphatic heterocycles. The van der Waals surface area contributed by atoms with Crippen LogP contribution in [0.25, 0.3) is 21.8 Å². The van der Waals surface area contributed by atoms with E-state index in [1.807, 2.05) is 6.92 Å². The summed E-state index contributed by atoms with van der Waals surface area (Å²) in [5, 5.41) is 8.34. The fourth-order valence-corrected chi connectivity index (χ4v) is 3.88. The van der Waals surface area contributed by atoms with Gasteiger partial charge in [-0.2, -0.15) is 5.10 Å². The first kappa shape index (κ1) is 20.6. The molecule has 0 unspecified atom stereocenters. The lowest BCUT2D eigenvalue weighted by molar-refractivity contribution is 0.289. The molecule has 0 fully saturated rings. The number of aryl methyl sites for hydroxylation is 1. The molecule has 11 heteroatoms. The Morgan fingerprint density at radius 3 is 2.68 bits per heavy atom. The van der Waals surface area contributed by atoms with Gasteiger partial charge in [0, 0.05) is 17.8 Å². The molecular weight excluding hydrogens is 424 g/mol. The minimum atomic E-state index is -0.797. The second kappa shape index (κ2) is 8.58. The Kier molecular flexibility index (Phi) is 5.69. The van der Waals surface area contributed by atoms with Crippen molar-refractivity contribution in [1.82, 2.24) is 20.2 Å². The monoisotopic (exact) mass is 441 g/mol. The first-order valence-electron chi connectivity index (χ1n) is 9.06. The third-order valence-corrected chi connectivity index (χ3v) is 5.54. The summed E-state index contributed by atoms with van der Waals surface area (Å²) in [5.74, 6) is 4.10. The Hall–Kier alpha value is -3.70. The van der Waals surface area contributed by atoms with Gasteiger partial charge in [-0.05, 0) is 31.2 Å². The summed E-state index contributed by atoms with van der Waals surface area (Å²) in [6.07, 6.45) is 1.56. The number of aromatic nitrogens is 4. The lowest BCUT2D eigenvalue weighted by Crippen LogP contribution is -2.13. The highest BCUT2D eigenvalue weighted by molar-refractivity contribution is 7.15. The molecule has 3 heterocycles. The van der Waals surface area contributed by atoms with Gasteiger partial charge < -0.3 is 15.9 Å². The van der Waals surface area contributed by atoms with Crippen LogP contribution >= 0.6 is 11.3 Å². The van der Waals surface area contributed by atoms with Crippen molar-refractivity contribution in [3.63, 3.8) is 0 Å². The molecule has 3 aromatic heterocycles. The van der Waals surface area contributed by atoms with Gasteiger partial charge in [-0.1, -0.05) is 6.07 Å². The van der Waals surface area contributed by atoms with Crippen LogP contribution in [0.5, 0.6) is 5.88 Å². The van der Waals surface area contributed by atoms with Crippen LogP contribution in [0.3, 0.4) is 0 Å². The Labute approximate surface area is 179 Å². The smallest absolute Gasteiger partial charge is 0.233 e. The number of hydrogen-bond acceptors (Lipinski definition) is 9. The highest BCUT2D eigenvalue weighted by atomic mass is 32.1. The summed E-state index contributed by atoms with van der Waals surface area (Å²) in [7, 11) is 0. The van der Waals surface area contributed by atoms with Crippen LogP contribution in [0.2, 0.25) is 0 Å². The van der Waals surface area contributed by atoms with Crippen molar-refractivity contribution in [2.24, 2.45) is 5.84 Å². The first-order chi connectivity index (χ1) is 15.0. The number of halogens is 2. The predicted molar refractivity (Wildman–Crippen MR) is 114 cm³/mol. The molecule has 0 spiro atoms. The van der Waals surface area contributed by atoms with E-state index in [0.717, 1.165) is 16.6 Å². The van der Waals surface area contributed by atoms with Gasteiger partial charge in [0.15, 0.2) is 5.82 Å². The van der Waals surface area contributed by atoms with Crippen LogP contribution in [-0.2, 0) is 6.61 Å². The molecule has 0 saturated carbocycles. The summed E-state index contributed by atoms with van der Waals surface area (Å²) in [6.45, 7) is 2.05. The summed E-state index contributed by atoms with van der Waals surface area (Å²) in [6, 6.07) is 9.47. The van der Waals surface area contributed by atoms with Crippen LogP contribution in [0.1, 0.15) is 10.7 Å². The molecule has 1 aromatic carbocycles. The van der Waals surface area contributed by atoms with E-state index < -0.39 is 17.3 Å². The van der Waals surface area contributed by atoms with Gasteiger partial charge in [-0.15, -0.1) is 16.4 Å². The minimum Gasteiger partial charge on any atom is -0.469 e. The van der Waals surface area contributed by atoms with Crippen molar-refractivity contribution >= 4 is 22.7 Å². The van der Waals surface area contributed by atoms with E-state index in [0.29, 0.717) is 16.6 Å². The number of nitrogens with two attached hydrogens (primary N) is 2. The third kappa shape index (κ3) is 4.13. The molecule has 0 aliphatic carbocycles. The van der Waals surface area contributed by atoms with Gasteiger partial charge in [-0.3, -0.25) is 5.84 Å². The maximum atomic E-state index is 14.8. The molecule has 4 aromatic rings. The minimum absolute atomic E-state index is 0.0603. The number of nitrogens with zero attached hydrogens (tertiary/aromatic N) is 4. The third-order valence-electron chi connectivity index (χ3n) is 4.39. The van der Waals surface area contributed by atoms with Crippen molar-refractivity contribution in [2.75, 3.05) is 11.2 Å². The number of pyridine rings is 1. The summed E-state index contributed by atoms with van der Waals surface area (Å²) in [4.78, 5) is 9.79. The number of thiazole rings is 1. The molecule has 158 valence electrons. The van der Waals surface area contributed by atoms with E-state index in [1.54, 1.807) is 36.5 Å². The zero-order valence-electron chi connectivity index (χ0n) is 16.3. The van der Waals surface area contributed by atoms with E-state index in [4.69, 9.17) is 16.3 Å². The zero-order valence-corrected chi connectivity index (χ0v) is 17.1. The predicted octanol–water partition coefficient (Wildman–Crippen LogP) is 3.70. The number of hydrogen-bond donors (Lipinski definition) is 3. The van der Waals surface area contributed by atoms with Crippen molar-refractivity contribution in [2.45, 2.75) is 13.5 Å². The highest BCUT2D eigenvalue weighted by Crippen LogP contribution is 2.35. The number of benzene rings is 1. The lowest BCUT2D eigenvalue weighted by Gasteiger charge is -2.12. The van der Waals surface area contributed by atoms with Crippen LogP contribution < -0.4 is 21.7 Å². The second-order valence-electron chi connectivity index (χ2n) is 6.43. The number of nitrogens with one attached hydrogen (secondary N) is 1. The molecular formula is C20H17F2N7OS. The maximum Gasteiger partial charge on any atom is 0.233 e. The van der Waals surface area contributed by atoms with Gasteiger partial charge in [0.2, 0.25) is 5.88 Å². The fourth-order valence-electron chi connectivity index (χ4n) is 2.93. The topological polar surface area (TPSA) is 125 Å². The van der Waals surface area contributed by atoms with E-state index in [-0.39, 0.29) is 23.6 Å². The van der Waals surface area contributed by atoms with Gasteiger partial charge in [0.1, 0.15) is 23.1 Å². The Morgan fingerprint density at radius 2 is 1.94 bits per heavy atom. The summed E-state index contributed by atoms with van der Waals surface area (Å²) in [5.41, 5.74) is 8.41. The molecule has 0 radical (unpaired) electrons. The Bertz CT molecular complexity index is 1230. The summed E-state index contributed by atoms with van der Waals surface area (Å²) < 4.78 is 34.6. The highest BCUT2D eigenvalue weighted by Gasteiger charge is 2.19. The first-order valence-corrected chi connectivity index (χ1v) is 9.88. The number of hydrazine groups is 1. The molecule has 0 saturated heterocycles. The SMILES string of the molecule is Cc1nc(COc2cccnn2)sc1-c1cccc(-c2cc(F)c(N)c(NN)c2F)n1. The second-order valence-corrected chi connectivity index (χ2v) is 7.52. The Morgan fingerprint density at radius 1 is 1.13 bits per heavy atom. The Balaban J connectivity index is 1.65. The van der Waals surface area contributed by atoms with Gasteiger partial charge in [0.25, 0.3) is 0 Å². The number of ether oxygens (including phenoxy) is 1. The van der Waals surface area contributed by atoms with Gasteiger partial charge in [0.05, 0.1) is 27.6 Å². The van der Waals surface area contributed by atoms with E-state index in [1.165, 1.54) is 11.3 Å². The number of anilines is 2. The zero-order chi connectivity index (χ0) is 22.0. The van der Waals surface area contributed by atoms with Crippen LogP contribution in [0.15, 0.2) is 42.6 Å². The largest absolute Gasteiger partial charge is 0.469 e. The molecule has 0 amide bonds. The van der Waals surface area contributed by atoms with Crippen LogP contribution in [-0.4, -0.2) is 20.2 Å². The van der Waals surface area contributed by atoms with Crippen LogP contribution in [0.4, 0.5) is 20.2 Å². The molecule has 0 aliphatic rings. The lowest BCUT2D eigenvalue weighted by atomic mass is 10.1. The quantitative estimate of drug-likeness (QED) is 0.235. The molecule has 0 bridgehead atoms. The van der Waals surface area contributed by atoms with Crippen molar-refractivity contribution in [3.05, 3.63) is 64.9 Å². The number of rotatable bonds is 6. The fraction of sp³-hybridized carbons (Fsp3) is 0.100. The van der Waals surface area contributed by atoms with Crippen LogP contribution in [0, 0.1) is 18.6 Å². The van der Waals surface area contributed by atoms with Crippen molar-refractivity contribution < 1.29 is 13.5 Å². The summed E-state index contributed by atoms with van der Waals surface area (Å²) >= 11 is 1.39.